The Hall–Kier alpha value is -0.200. The molecule has 0 heterocycles. The van der Waals surface area contributed by atoms with Crippen molar-refractivity contribution >= 4 is 0 Å². The molecule has 1 rings (SSSR count). The van der Waals surface area contributed by atoms with Crippen molar-refractivity contribution in [1.29, 1.82) is 0 Å². The summed E-state index contributed by atoms with van der Waals surface area (Å²) in [4.78, 5) is 0. The van der Waals surface area contributed by atoms with Crippen LogP contribution in [0.25, 0.3) is 0 Å². The highest BCUT2D eigenvalue weighted by Crippen LogP contribution is 2.29. The van der Waals surface area contributed by atoms with E-state index in [0.717, 1.165) is 0 Å². The van der Waals surface area contributed by atoms with Crippen LogP contribution in [0.1, 0.15) is 6.92 Å². The molecule has 11 heavy (non-hydrogen) atoms. The van der Waals surface area contributed by atoms with Crippen molar-refractivity contribution in [2.24, 2.45) is 5.73 Å². The van der Waals surface area contributed by atoms with Gasteiger partial charge in [-0.25, -0.2) is 0 Å². The standard InChI is InChI=1S/C6H13NO4/c1-6(11)4(7)2(8)3(9)5(6)10/h2-5,8-11H,7H2,1H3/t2-,3-,4-,5+,6+/m1/s1. The number of aliphatic hydroxyl groups excluding tert-OH is 3. The lowest BCUT2D eigenvalue weighted by atomic mass is 9.99. The van der Waals surface area contributed by atoms with Crippen LogP contribution in [0.5, 0.6) is 0 Å². The molecule has 1 fully saturated rings. The molecule has 1 saturated carbocycles. The number of nitrogens with two attached hydrogens (primary N) is 1. The van der Waals surface area contributed by atoms with Crippen molar-refractivity contribution < 1.29 is 20.4 Å². The van der Waals surface area contributed by atoms with Gasteiger partial charge >= 0.3 is 0 Å². The van der Waals surface area contributed by atoms with Crippen LogP contribution in [0.15, 0.2) is 0 Å². The molecule has 1 aliphatic carbocycles. The van der Waals surface area contributed by atoms with E-state index >= 15 is 0 Å². The van der Waals surface area contributed by atoms with Gasteiger partial charge in [-0.2, -0.15) is 0 Å². The Morgan fingerprint density at radius 1 is 1.18 bits per heavy atom. The molecular formula is C6H13NO4. The lowest BCUT2D eigenvalue weighted by molar-refractivity contribution is -0.0832. The van der Waals surface area contributed by atoms with Crippen LogP contribution in [0.2, 0.25) is 0 Å². The highest BCUT2D eigenvalue weighted by atomic mass is 16.4. The van der Waals surface area contributed by atoms with Crippen LogP contribution in [0.4, 0.5) is 0 Å². The highest BCUT2D eigenvalue weighted by Gasteiger charge is 2.54. The second kappa shape index (κ2) is 2.40. The monoisotopic (exact) mass is 163 g/mol. The van der Waals surface area contributed by atoms with E-state index in [1.54, 1.807) is 0 Å². The maximum atomic E-state index is 9.38. The van der Waals surface area contributed by atoms with Gasteiger partial charge in [-0.05, 0) is 6.92 Å². The molecule has 0 amide bonds. The van der Waals surface area contributed by atoms with E-state index in [-0.39, 0.29) is 0 Å². The Bertz CT molecular complexity index is 145. The van der Waals surface area contributed by atoms with Crippen LogP contribution in [-0.4, -0.2) is 50.4 Å². The first kappa shape index (κ1) is 8.89. The Labute approximate surface area is 64.1 Å². The fourth-order valence-electron chi connectivity index (χ4n) is 1.29. The lowest BCUT2D eigenvalue weighted by Gasteiger charge is -2.25. The van der Waals surface area contributed by atoms with E-state index < -0.39 is 30.0 Å². The predicted molar refractivity (Wildman–Crippen MR) is 36.6 cm³/mol. The summed E-state index contributed by atoms with van der Waals surface area (Å²) < 4.78 is 0. The first-order valence-electron chi connectivity index (χ1n) is 3.41. The summed E-state index contributed by atoms with van der Waals surface area (Å²) in [5, 5.41) is 36.6. The molecule has 6 N–H and O–H groups in total. The van der Waals surface area contributed by atoms with Crippen molar-refractivity contribution in [3.8, 4) is 0 Å². The van der Waals surface area contributed by atoms with E-state index in [9.17, 15) is 5.11 Å². The fraction of sp³-hybridized carbons (Fsp3) is 1.00. The van der Waals surface area contributed by atoms with Gasteiger partial charge in [0.15, 0.2) is 0 Å². The molecule has 5 nitrogen and oxygen atoms in total. The van der Waals surface area contributed by atoms with Crippen LogP contribution < -0.4 is 5.73 Å². The number of hydrogen-bond donors (Lipinski definition) is 5. The molecule has 0 radical (unpaired) electrons. The van der Waals surface area contributed by atoms with Gasteiger partial charge in [0, 0.05) is 0 Å². The quantitative estimate of drug-likeness (QED) is 0.264. The summed E-state index contributed by atoms with van der Waals surface area (Å²) in [5.74, 6) is 0. The van der Waals surface area contributed by atoms with E-state index in [1.165, 1.54) is 6.92 Å². The van der Waals surface area contributed by atoms with Gasteiger partial charge < -0.3 is 26.2 Å². The summed E-state index contributed by atoms with van der Waals surface area (Å²) >= 11 is 0. The minimum absolute atomic E-state index is 1.01. The molecule has 1 aliphatic rings. The molecule has 0 bridgehead atoms. The first-order chi connectivity index (χ1) is 4.89. The third kappa shape index (κ3) is 1.05. The van der Waals surface area contributed by atoms with Gasteiger partial charge in [0.25, 0.3) is 0 Å². The van der Waals surface area contributed by atoms with Gasteiger partial charge in [-0.15, -0.1) is 0 Å². The topological polar surface area (TPSA) is 107 Å². The normalized spacial score (nSPS) is 58.4. The molecule has 0 aromatic carbocycles. The van der Waals surface area contributed by atoms with E-state index in [2.05, 4.69) is 0 Å². The van der Waals surface area contributed by atoms with Crippen molar-refractivity contribution in [3.05, 3.63) is 0 Å². The van der Waals surface area contributed by atoms with Gasteiger partial charge in [0.05, 0.1) is 6.04 Å². The minimum Gasteiger partial charge on any atom is -0.389 e. The van der Waals surface area contributed by atoms with Crippen LogP contribution in [0, 0.1) is 0 Å². The second-order valence-corrected chi connectivity index (χ2v) is 3.18. The molecule has 5 heteroatoms. The zero-order valence-corrected chi connectivity index (χ0v) is 6.18. The molecule has 5 atom stereocenters. The van der Waals surface area contributed by atoms with Crippen molar-refractivity contribution in [3.63, 3.8) is 0 Å². The Morgan fingerprint density at radius 2 is 1.64 bits per heavy atom. The minimum atomic E-state index is -1.61. The molecular weight excluding hydrogens is 150 g/mol. The van der Waals surface area contributed by atoms with Crippen LogP contribution in [0.3, 0.4) is 0 Å². The Kier molecular flexibility index (Phi) is 1.94. The summed E-state index contributed by atoms with van der Waals surface area (Å²) in [6.45, 7) is 1.28. The van der Waals surface area contributed by atoms with Crippen molar-refractivity contribution in [2.75, 3.05) is 0 Å². The molecule has 0 spiro atoms. The van der Waals surface area contributed by atoms with E-state index in [4.69, 9.17) is 21.1 Å². The lowest BCUT2D eigenvalue weighted by Crippen LogP contribution is -2.50. The third-order valence-electron chi connectivity index (χ3n) is 2.31. The maximum absolute atomic E-state index is 9.38. The SMILES string of the molecule is C[C@]1(O)[C@H](N)[C@H](O)[C@@H](O)[C@@H]1O. The van der Waals surface area contributed by atoms with Gasteiger partial charge in [-0.3, -0.25) is 0 Å². The largest absolute Gasteiger partial charge is 0.389 e. The predicted octanol–water partition coefficient (Wildman–Crippen LogP) is -2.84. The molecule has 0 aromatic heterocycles. The summed E-state index contributed by atoms with van der Waals surface area (Å²) in [5.41, 5.74) is 3.70. The molecule has 66 valence electrons. The zero-order valence-electron chi connectivity index (χ0n) is 6.18. The molecule has 0 saturated heterocycles. The second-order valence-electron chi connectivity index (χ2n) is 3.18. The highest BCUT2D eigenvalue weighted by molar-refractivity contribution is 5.09. The van der Waals surface area contributed by atoms with Gasteiger partial charge in [0.2, 0.25) is 0 Å². The van der Waals surface area contributed by atoms with Crippen LogP contribution in [-0.2, 0) is 0 Å². The summed E-state index contributed by atoms with van der Waals surface area (Å²) in [6.07, 6.45) is -4.01. The molecule has 0 aromatic rings. The number of rotatable bonds is 0. The third-order valence-corrected chi connectivity index (χ3v) is 2.31. The van der Waals surface area contributed by atoms with E-state index in [1.807, 2.05) is 0 Å². The molecule has 0 unspecified atom stereocenters. The summed E-state index contributed by atoms with van der Waals surface area (Å²) in [7, 11) is 0. The van der Waals surface area contributed by atoms with Crippen LogP contribution >= 0.6 is 0 Å². The smallest absolute Gasteiger partial charge is 0.112 e. The van der Waals surface area contributed by atoms with Gasteiger partial charge in [0.1, 0.15) is 23.9 Å². The summed E-state index contributed by atoms with van der Waals surface area (Å²) in [6, 6.07) is -1.01. The molecule has 0 aliphatic heterocycles. The maximum Gasteiger partial charge on any atom is 0.112 e. The van der Waals surface area contributed by atoms with E-state index in [0.29, 0.717) is 0 Å². The number of hydrogen-bond acceptors (Lipinski definition) is 5. The Balaban J connectivity index is 2.87. The first-order valence-corrected chi connectivity index (χ1v) is 3.41. The van der Waals surface area contributed by atoms with Gasteiger partial charge in [-0.1, -0.05) is 0 Å². The number of aliphatic hydroxyl groups is 4. The zero-order chi connectivity index (χ0) is 8.81. The average Bonchev–Trinajstić information content (AvgIpc) is 2.06. The average molecular weight is 163 g/mol. The fourth-order valence-corrected chi connectivity index (χ4v) is 1.29. The Morgan fingerprint density at radius 3 is 1.73 bits per heavy atom. The van der Waals surface area contributed by atoms with Crippen molar-refractivity contribution in [1.82, 2.24) is 0 Å². The van der Waals surface area contributed by atoms with Crippen molar-refractivity contribution in [2.45, 2.75) is 36.9 Å².